The summed E-state index contributed by atoms with van der Waals surface area (Å²) in [5, 5.41) is 7.40. The van der Waals surface area contributed by atoms with Crippen LogP contribution in [-0.2, 0) is 0 Å². The number of amides is 2. The van der Waals surface area contributed by atoms with E-state index >= 15 is 0 Å². The molecular formula is C24H28N6O2. The molecule has 1 N–H and O–H groups in total. The highest BCUT2D eigenvalue weighted by molar-refractivity contribution is 5.99. The molecule has 4 heterocycles. The van der Waals surface area contributed by atoms with E-state index in [-0.39, 0.29) is 17.7 Å². The van der Waals surface area contributed by atoms with Crippen LogP contribution >= 0.6 is 0 Å². The van der Waals surface area contributed by atoms with Gasteiger partial charge in [-0.3, -0.25) is 14.6 Å². The lowest BCUT2D eigenvalue weighted by Gasteiger charge is -2.32. The highest BCUT2D eigenvalue weighted by Crippen LogP contribution is 2.27. The summed E-state index contributed by atoms with van der Waals surface area (Å²) >= 11 is 0. The molecule has 3 aromatic heterocycles. The number of piperidine rings is 1. The fourth-order valence-corrected chi connectivity index (χ4v) is 4.81. The van der Waals surface area contributed by atoms with Gasteiger partial charge in [-0.2, -0.15) is 5.10 Å². The number of aryl methyl sites for hydroxylation is 1. The van der Waals surface area contributed by atoms with Crippen molar-refractivity contribution in [2.24, 2.45) is 0 Å². The van der Waals surface area contributed by atoms with Gasteiger partial charge in [0.1, 0.15) is 5.56 Å². The molecule has 2 aliphatic rings. The molecular weight excluding hydrogens is 404 g/mol. The van der Waals surface area contributed by atoms with Crippen molar-refractivity contribution in [3.05, 3.63) is 59.3 Å². The average Bonchev–Trinajstić information content (AvgIpc) is 3.48. The number of fused-ring (bicyclic) bond motifs is 1. The summed E-state index contributed by atoms with van der Waals surface area (Å²) in [6, 6.07) is 4.07. The first-order valence-electron chi connectivity index (χ1n) is 11.4. The second-order valence-corrected chi connectivity index (χ2v) is 8.97. The Kier molecular flexibility index (Phi) is 5.59. The Balaban J connectivity index is 1.27. The number of carbonyl (C=O) groups excluding carboxylic acids is 2. The molecule has 1 aliphatic heterocycles. The first-order valence-corrected chi connectivity index (χ1v) is 11.4. The zero-order valence-corrected chi connectivity index (χ0v) is 18.3. The first-order chi connectivity index (χ1) is 15.6. The van der Waals surface area contributed by atoms with Crippen LogP contribution in [0.1, 0.15) is 76.4 Å². The number of hydrogen-bond acceptors (Lipinski definition) is 5. The monoisotopic (exact) mass is 432 g/mol. The van der Waals surface area contributed by atoms with Crippen LogP contribution in [0.15, 0.2) is 36.9 Å². The zero-order chi connectivity index (χ0) is 22.1. The summed E-state index contributed by atoms with van der Waals surface area (Å²) in [4.78, 5) is 36.5. The van der Waals surface area contributed by atoms with Crippen molar-refractivity contribution in [3.63, 3.8) is 0 Å². The molecule has 0 unspecified atom stereocenters. The largest absolute Gasteiger partial charge is 0.349 e. The van der Waals surface area contributed by atoms with Crippen molar-refractivity contribution in [1.82, 2.24) is 29.8 Å². The third kappa shape index (κ3) is 4.09. The Morgan fingerprint density at radius 3 is 2.66 bits per heavy atom. The predicted octanol–water partition coefficient (Wildman–Crippen LogP) is 3.12. The maximum Gasteiger partial charge on any atom is 0.259 e. The van der Waals surface area contributed by atoms with Crippen molar-refractivity contribution in [3.8, 4) is 0 Å². The number of nitrogens with one attached hydrogen (secondary N) is 1. The smallest absolute Gasteiger partial charge is 0.259 e. The van der Waals surface area contributed by atoms with Gasteiger partial charge in [0.2, 0.25) is 0 Å². The van der Waals surface area contributed by atoms with Crippen molar-refractivity contribution >= 4 is 17.5 Å². The number of hydrogen-bond donors (Lipinski definition) is 1. The quantitative estimate of drug-likeness (QED) is 0.684. The Hall–Kier alpha value is -3.29. The summed E-state index contributed by atoms with van der Waals surface area (Å²) in [5.41, 5.74) is 3.62. The third-order valence-corrected chi connectivity index (χ3v) is 6.58. The van der Waals surface area contributed by atoms with Crippen LogP contribution in [0.3, 0.4) is 0 Å². The van der Waals surface area contributed by atoms with Crippen LogP contribution in [0.5, 0.6) is 0 Å². The minimum absolute atomic E-state index is 0.0476. The highest BCUT2D eigenvalue weighted by Gasteiger charge is 2.28. The lowest BCUT2D eigenvalue weighted by molar-refractivity contribution is 0.0707. The van der Waals surface area contributed by atoms with Crippen LogP contribution in [0.2, 0.25) is 0 Å². The van der Waals surface area contributed by atoms with Crippen LogP contribution in [0, 0.1) is 6.92 Å². The number of rotatable bonds is 4. The minimum Gasteiger partial charge on any atom is -0.349 e. The van der Waals surface area contributed by atoms with Crippen LogP contribution < -0.4 is 5.32 Å². The van der Waals surface area contributed by atoms with Gasteiger partial charge in [0.25, 0.3) is 11.8 Å². The summed E-state index contributed by atoms with van der Waals surface area (Å²) in [6.45, 7) is 3.25. The number of pyridine rings is 1. The molecule has 8 nitrogen and oxygen atoms in total. The molecule has 1 atom stereocenters. The minimum atomic E-state index is -0.0489. The molecule has 3 aromatic rings. The summed E-state index contributed by atoms with van der Waals surface area (Å²) in [6.07, 6.45) is 13.3. The molecule has 0 spiro atoms. The van der Waals surface area contributed by atoms with Crippen molar-refractivity contribution in [2.75, 3.05) is 13.1 Å². The Bertz CT molecular complexity index is 1130. The van der Waals surface area contributed by atoms with E-state index in [1.54, 1.807) is 23.1 Å². The third-order valence-electron chi connectivity index (χ3n) is 6.58. The van der Waals surface area contributed by atoms with Gasteiger partial charge in [-0.1, -0.05) is 12.8 Å². The second-order valence-electron chi connectivity index (χ2n) is 8.97. The van der Waals surface area contributed by atoms with Crippen LogP contribution in [-0.4, -0.2) is 55.4 Å². The molecule has 166 valence electrons. The highest BCUT2D eigenvalue weighted by atomic mass is 16.2. The zero-order valence-electron chi connectivity index (χ0n) is 18.3. The van der Waals surface area contributed by atoms with Crippen LogP contribution in [0.4, 0.5) is 0 Å². The molecule has 2 fully saturated rings. The summed E-state index contributed by atoms with van der Waals surface area (Å²) in [5.74, 6) is 0.0533. The predicted molar refractivity (Wildman–Crippen MR) is 120 cm³/mol. The standard InChI is InChI=1S/C24H28N6O2/c1-16-11-26-22-20(13-27-30(22)14-16)24(32)29-10-4-5-18(15-29)21-9-8-17(12-25-21)23(31)28-19-6-2-3-7-19/h8-9,11-14,18-19H,2-7,10,15H2,1H3,(H,28,31)/t18-/m0/s1. The lowest BCUT2D eigenvalue weighted by atomic mass is 9.93. The van der Waals surface area contributed by atoms with E-state index < -0.39 is 0 Å². The Morgan fingerprint density at radius 1 is 1.03 bits per heavy atom. The first kappa shape index (κ1) is 20.6. The van der Waals surface area contributed by atoms with Gasteiger partial charge in [-0.05, 0) is 50.3 Å². The Morgan fingerprint density at radius 2 is 1.88 bits per heavy atom. The molecule has 0 aromatic carbocycles. The molecule has 2 amide bonds. The fraction of sp³-hybridized carbons (Fsp3) is 0.458. The van der Waals surface area contributed by atoms with Gasteiger partial charge in [0, 0.05) is 49.3 Å². The van der Waals surface area contributed by atoms with Crippen molar-refractivity contribution < 1.29 is 9.59 Å². The topological polar surface area (TPSA) is 92.5 Å². The van der Waals surface area contributed by atoms with E-state index in [0.717, 1.165) is 36.9 Å². The van der Waals surface area contributed by atoms with E-state index in [4.69, 9.17) is 0 Å². The number of aromatic nitrogens is 4. The van der Waals surface area contributed by atoms with Crippen LogP contribution in [0.25, 0.3) is 5.65 Å². The molecule has 8 heteroatoms. The van der Waals surface area contributed by atoms with E-state index in [1.165, 1.54) is 12.8 Å². The van der Waals surface area contributed by atoms with E-state index in [2.05, 4.69) is 20.4 Å². The van der Waals surface area contributed by atoms with Gasteiger partial charge in [0.05, 0.1) is 11.8 Å². The van der Waals surface area contributed by atoms with Gasteiger partial charge in [-0.15, -0.1) is 0 Å². The maximum atomic E-state index is 13.2. The van der Waals surface area contributed by atoms with Crippen molar-refractivity contribution in [2.45, 2.75) is 57.4 Å². The summed E-state index contributed by atoms with van der Waals surface area (Å²) in [7, 11) is 0. The van der Waals surface area contributed by atoms with Gasteiger partial charge in [-0.25, -0.2) is 9.50 Å². The fourth-order valence-electron chi connectivity index (χ4n) is 4.81. The van der Waals surface area contributed by atoms with E-state index in [1.807, 2.05) is 30.2 Å². The molecule has 5 rings (SSSR count). The van der Waals surface area contributed by atoms with E-state index in [0.29, 0.717) is 35.9 Å². The second kappa shape index (κ2) is 8.68. The molecule has 32 heavy (non-hydrogen) atoms. The summed E-state index contributed by atoms with van der Waals surface area (Å²) < 4.78 is 1.65. The maximum absolute atomic E-state index is 13.2. The lowest BCUT2D eigenvalue weighted by Crippen LogP contribution is -2.39. The number of carbonyl (C=O) groups is 2. The SMILES string of the molecule is Cc1cnc2c(C(=O)N3CCC[C@H](c4ccc(C(=O)NC5CCCC5)cn4)C3)cnn2c1. The number of likely N-dealkylation sites (tertiary alicyclic amines) is 1. The number of nitrogens with zero attached hydrogens (tertiary/aromatic N) is 5. The van der Waals surface area contributed by atoms with Gasteiger partial charge < -0.3 is 10.2 Å². The molecule has 0 radical (unpaired) electrons. The molecule has 1 saturated carbocycles. The molecule has 0 bridgehead atoms. The average molecular weight is 433 g/mol. The Labute approximate surface area is 187 Å². The van der Waals surface area contributed by atoms with Crippen molar-refractivity contribution in [1.29, 1.82) is 0 Å². The molecule has 1 saturated heterocycles. The molecule has 1 aliphatic carbocycles. The van der Waals surface area contributed by atoms with Gasteiger partial charge >= 0.3 is 0 Å². The van der Waals surface area contributed by atoms with E-state index in [9.17, 15) is 9.59 Å². The van der Waals surface area contributed by atoms with Gasteiger partial charge in [0.15, 0.2) is 5.65 Å². The normalized spacial score (nSPS) is 19.4.